The predicted molar refractivity (Wildman–Crippen MR) is 59.9 cm³/mol. The van der Waals surface area contributed by atoms with Crippen LogP contribution in [0.3, 0.4) is 0 Å². The van der Waals surface area contributed by atoms with Crippen LogP contribution in [0.2, 0.25) is 0 Å². The Morgan fingerprint density at radius 3 is 2.58 bits per heavy atom. The minimum atomic E-state index is -4.61. The molecule has 1 fully saturated rings. The molecule has 0 radical (unpaired) electrons. The fraction of sp³-hybridized carbons (Fsp3) is 0.417. The molecule has 1 aliphatic rings. The predicted octanol–water partition coefficient (Wildman–Crippen LogP) is 2.02. The van der Waals surface area contributed by atoms with Gasteiger partial charge in [0, 0.05) is 19.1 Å². The molecule has 1 aromatic carbocycles. The highest BCUT2D eigenvalue weighted by Gasteiger charge is 2.33. The molecule has 19 heavy (non-hydrogen) atoms. The molecule has 2 rings (SSSR count). The fourth-order valence-electron chi connectivity index (χ4n) is 2.01. The third kappa shape index (κ3) is 2.86. The molecule has 1 atom stereocenters. The van der Waals surface area contributed by atoms with Crippen molar-refractivity contribution >= 4 is 5.91 Å². The molecule has 0 aromatic heterocycles. The van der Waals surface area contributed by atoms with Crippen LogP contribution in [-0.4, -0.2) is 29.9 Å². The number of halogens is 4. The van der Waals surface area contributed by atoms with Crippen molar-refractivity contribution in [3.63, 3.8) is 0 Å². The van der Waals surface area contributed by atoms with Gasteiger partial charge < -0.3 is 10.6 Å². The minimum Gasteiger partial charge on any atom is -0.337 e. The number of carbonyl (C=O) groups is 1. The summed E-state index contributed by atoms with van der Waals surface area (Å²) in [4.78, 5) is 13.2. The zero-order valence-corrected chi connectivity index (χ0v) is 9.88. The Morgan fingerprint density at radius 2 is 2.05 bits per heavy atom. The van der Waals surface area contributed by atoms with Crippen LogP contribution in [0.4, 0.5) is 17.6 Å². The van der Waals surface area contributed by atoms with Gasteiger partial charge in [0.05, 0.1) is 11.1 Å². The normalized spacial score (nSPS) is 19.8. The lowest BCUT2D eigenvalue weighted by atomic mass is 10.1. The molecule has 3 nitrogen and oxygen atoms in total. The van der Waals surface area contributed by atoms with Gasteiger partial charge in [0.25, 0.3) is 5.91 Å². The monoisotopic (exact) mass is 276 g/mol. The molecule has 1 heterocycles. The van der Waals surface area contributed by atoms with Gasteiger partial charge in [-0.15, -0.1) is 0 Å². The molecular weight excluding hydrogens is 264 g/mol. The molecule has 1 amide bonds. The molecule has 104 valence electrons. The molecule has 0 spiro atoms. The Morgan fingerprint density at radius 1 is 1.37 bits per heavy atom. The Balaban J connectivity index is 2.31. The topological polar surface area (TPSA) is 46.3 Å². The maximum atomic E-state index is 13.5. The summed E-state index contributed by atoms with van der Waals surface area (Å²) in [7, 11) is 0. The molecule has 0 saturated carbocycles. The summed E-state index contributed by atoms with van der Waals surface area (Å²) < 4.78 is 51.1. The fourth-order valence-corrected chi connectivity index (χ4v) is 2.01. The quantitative estimate of drug-likeness (QED) is 0.798. The first-order chi connectivity index (χ1) is 8.79. The standard InChI is InChI=1S/C12H12F4N2O/c13-10-2-1-7(12(14,15)16)5-9(10)11(19)18-4-3-8(17)6-18/h1-2,5,8H,3-4,6,17H2/t8-/m0/s1. The van der Waals surface area contributed by atoms with Crippen LogP contribution >= 0.6 is 0 Å². The summed E-state index contributed by atoms with van der Waals surface area (Å²) in [6.45, 7) is 0.560. The lowest BCUT2D eigenvalue weighted by molar-refractivity contribution is -0.137. The van der Waals surface area contributed by atoms with Gasteiger partial charge in [-0.2, -0.15) is 13.2 Å². The maximum absolute atomic E-state index is 13.5. The van der Waals surface area contributed by atoms with Gasteiger partial charge in [-0.25, -0.2) is 4.39 Å². The van der Waals surface area contributed by atoms with Crippen LogP contribution < -0.4 is 5.73 Å². The van der Waals surface area contributed by atoms with Crippen molar-refractivity contribution in [2.75, 3.05) is 13.1 Å². The summed E-state index contributed by atoms with van der Waals surface area (Å²) in [5, 5.41) is 0. The largest absolute Gasteiger partial charge is 0.416 e. The molecule has 1 saturated heterocycles. The molecule has 1 aromatic rings. The number of rotatable bonds is 1. The van der Waals surface area contributed by atoms with E-state index in [-0.39, 0.29) is 12.6 Å². The number of benzene rings is 1. The van der Waals surface area contributed by atoms with Crippen molar-refractivity contribution < 1.29 is 22.4 Å². The van der Waals surface area contributed by atoms with Gasteiger partial charge >= 0.3 is 6.18 Å². The van der Waals surface area contributed by atoms with Crippen LogP contribution in [-0.2, 0) is 6.18 Å². The number of likely N-dealkylation sites (tertiary alicyclic amines) is 1. The average Bonchev–Trinajstić information content (AvgIpc) is 2.74. The van der Waals surface area contributed by atoms with Crippen LogP contribution in [0.25, 0.3) is 0 Å². The van der Waals surface area contributed by atoms with Crippen LogP contribution in [0.1, 0.15) is 22.3 Å². The van der Waals surface area contributed by atoms with E-state index in [9.17, 15) is 22.4 Å². The van der Waals surface area contributed by atoms with Crippen LogP contribution in [0, 0.1) is 5.82 Å². The van der Waals surface area contributed by atoms with E-state index in [0.717, 1.165) is 0 Å². The molecule has 2 N–H and O–H groups in total. The second kappa shape index (κ2) is 4.80. The van der Waals surface area contributed by atoms with Crippen molar-refractivity contribution in [1.82, 2.24) is 4.90 Å². The van der Waals surface area contributed by atoms with Crippen molar-refractivity contribution in [1.29, 1.82) is 0 Å². The third-order valence-corrected chi connectivity index (χ3v) is 3.04. The summed E-state index contributed by atoms with van der Waals surface area (Å²) in [6.07, 6.45) is -4.05. The molecule has 0 bridgehead atoms. The second-order valence-corrected chi connectivity index (χ2v) is 4.49. The number of nitrogens with zero attached hydrogens (tertiary/aromatic N) is 1. The van der Waals surface area contributed by atoms with Crippen molar-refractivity contribution in [2.24, 2.45) is 5.73 Å². The zero-order chi connectivity index (χ0) is 14.2. The smallest absolute Gasteiger partial charge is 0.337 e. The molecule has 7 heteroatoms. The van der Waals surface area contributed by atoms with E-state index < -0.39 is 29.0 Å². The van der Waals surface area contributed by atoms with E-state index in [1.165, 1.54) is 4.90 Å². The first kappa shape index (κ1) is 13.8. The number of hydrogen-bond donors (Lipinski definition) is 1. The lowest BCUT2D eigenvalue weighted by Crippen LogP contribution is -2.32. The maximum Gasteiger partial charge on any atom is 0.416 e. The van der Waals surface area contributed by atoms with Gasteiger partial charge in [-0.1, -0.05) is 0 Å². The summed E-state index contributed by atoms with van der Waals surface area (Å²) >= 11 is 0. The Bertz CT molecular complexity index is 501. The minimum absolute atomic E-state index is 0.210. The van der Waals surface area contributed by atoms with E-state index >= 15 is 0 Å². The Hall–Kier alpha value is -1.63. The van der Waals surface area contributed by atoms with E-state index in [0.29, 0.717) is 31.2 Å². The van der Waals surface area contributed by atoms with Crippen molar-refractivity contribution in [3.05, 3.63) is 35.1 Å². The number of carbonyl (C=O) groups excluding carboxylic acids is 1. The first-order valence-electron chi connectivity index (χ1n) is 5.70. The lowest BCUT2D eigenvalue weighted by Gasteiger charge is -2.17. The molecule has 1 aliphatic heterocycles. The van der Waals surface area contributed by atoms with Crippen LogP contribution in [0.5, 0.6) is 0 Å². The van der Waals surface area contributed by atoms with E-state index in [4.69, 9.17) is 5.73 Å². The number of alkyl halides is 3. The van der Waals surface area contributed by atoms with Gasteiger partial charge in [0.2, 0.25) is 0 Å². The van der Waals surface area contributed by atoms with Crippen LogP contribution in [0.15, 0.2) is 18.2 Å². The highest BCUT2D eigenvalue weighted by Crippen LogP contribution is 2.30. The van der Waals surface area contributed by atoms with Gasteiger partial charge in [0.15, 0.2) is 0 Å². The Labute approximate surface area is 107 Å². The van der Waals surface area contributed by atoms with Crippen molar-refractivity contribution in [3.8, 4) is 0 Å². The Kier molecular flexibility index (Phi) is 3.49. The van der Waals surface area contributed by atoms with E-state index in [1.807, 2.05) is 0 Å². The second-order valence-electron chi connectivity index (χ2n) is 4.49. The zero-order valence-electron chi connectivity index (χ0n) is 9.88. The molecule has 0 aliphatic carbocycles. The van der Waals surface area contributed by atoms with E-state index in [1.54, 1.807) is 0 Å². The summed E-state index contributed by atoms with van der Waals surface area (Å²) in [5.41, 5.74) is 4.00. The summed E-state index contributed by atoms with van der Waals surface area (Å²) in [6, 6.07) is 1.60. The van der Waals surface area contributed by atoms with Gasteiger partial charge in [-0.3, -0.25) is 4.79 Å². The molecule has 0 unspecified atom stereocenters. The van der Waals surface area contributed by atoms with Gasteiger partial charge in [-0.05, 0) is 24.6 Å². The highest BCUT2D eigenvalue weighted by molar-refractivity contribution is 5.95. The van der Waals surface area contributed by atoms with E-state index in [2.05, 4.69) is 0 Å². The van der Waals surface area contributed by atoms with Crippen molar-refractivity contribution in [2.45, 2.75) is 18.6 Å². The summed E-state index contributed by atoms with van der Waals surface area (Å²) in [5.74, 6) is -1.71. The average molecular weight is 276 g/mol. The first-order valence-corrected chi connectivity index (χ1v) is 5.70. The SMILES string of the molecule is N[C@H]1CCN(C(=O)c2cc(C(F)(F)F)ccc2F)C1. The van der Waals surface area contributed by atoms with Gasteiger partial charge in [0.1, 0.15) is 5.82 Å². The number of hydrogen-bond acceptors (Lipinski definition) is 2. The highest BCUT2D eigenvalue weighted by atomic mass is 19.4. The number of nitrogens with two attached hydrogens (primary N) is 1. The number of amides is 1. The molecular formula is C12H12F4N2O. The third-order valence-electron chi connectivity index (χ3n) is 3.04.